The van der Waals surface area contributed by atoms with Gasteiger partial charge in [0.05, 0.1) is 31.0 Å². The molecule has 1 saturated heterocycles. The van der Waals surface area contributed by atoms with Crippen LogP contribution < -0.4 is 15.2 Å². The molecule has 1 aliphatic heterocycles. The van der Waals surface area contributed by atoms with E-state index in [0.717, 1.165) is 24.0 Å². The van der Waals surface area contributed by atoms with Crippen molar-refractivity contribution in [3.05, 3.63) is 65.9 Å². The van der Waals surface area contributed by atoms with Gasteiger partial charge in [-0.2, -0.15) is 10.4 Å². The Morgan fingerprint density at radius 1 is 1.17 bits per heavy atom. The Hall–Kier alpha value is -3.47. The highest BCUT2D eigenvalue weighted by atomic mass is 16.6. The minimum Gasteiger partial charge on any atom is -0.471 e. The fourth-order valence-electron chi connectivity index (χ4n) is 3.28. The predicted octanol–water partition coefficient (Wildman–Crippen LogP) is 3.48. The molecular formula is C23H22N4O3. The zero-order valence-corrected chi connectivity index (χ0v) is 16.5. The zero-order valence-electron chi connectivity index (χ0n) is 16.5. The first-order valence-electron chi connectivity index (χ1n) is 9.83. The average Bonchev–Trinajstić information content (AvgIpc) is 3.28. The number of rotatable bonds is 7. The number of nitrogens with two attached hydrogens (primary N) is 1. The van der Waals surface area contributed by atoms with Crippen LogP contribution in [0.3, 0.4) is 0 Å². The number of hydrogen-bond donors (Lipinski definition) is 1. The Balaban J connectivity index is 1.60. The van der Waals surface area contributed by atoms with Crippen LogP contribution in [0.1, 0.15) is 17.5 Å². The lowest BCUT2D eigenvalue weighted by Gasteiger charge is -2.14. The van der Waals surface area contributed by atoms with Crippen molar-refractivity contribution in [2.75, 3.05) is 19.8 Å². The molecule has 1 atom stereocenters. The maximum Gasteiger partial charge on any atom is 0.237 e. The fraction of sp³-hybridized carbons (Fsp3) is 0.261. The molecule has 0 amide bonds. The van der Waals surface area contributed by atoms with Crippen LogP contribution in [0.25, 0.3) is 11.1 Å². The number of nitrogens with zero attached hydrogens (tertiary/aromatic N) is 3. The summed E-state index contributed by atoms with van der Waals surface area (Å²) in [6, 6.07) is 17.4. The first-order chi connectivity index (χ1) is 14.7. The van der Waals surface area contributed by atoms with Crippen molar-refractivity contribution in [3.8, 4) is 34.6 Å². The Morgan fingerprint density at radius 2 is 2.03 bits per heavy atom. The van der Waals surface area contributed by atoms with E-state index in [0.29, 0.717) is 42.7 Å². The van der Waals surface area contributed by atoms with Gasteiger partial charge in [0.15, 0.2) is 5.75 Å². The summed E-state index contributed by atoms with van der Waals surface area (Å²) in [6.07, 6.45) is 3.14. The highest BCUT2D eigenvalue weighted by molar-refractivity contribution is 5.72. The highest BCUT2D eigenvalue weighted by Crippen LogP contribution is 2.35. The summed E-state index contributed by atoms with van der Waals surface area (Å²) in [5, 5.41) is 17.3. The summed E-state index contributed by atoms with van der Waals surface area (Å²) in [5.41, 5.74) is 9.18. The monoisotopic (exact) mass is 402 g/mol. The van der Waals surface area contributed by atoms with Gasteiger partial charge in [0.2, 0.25) is 5.88 Å². The molecule has 30 heavy (non-hydrogen) atoms. The van der Waals surface area contributed by atoms with E-state index in [4.69, 9.17) is 19.9 Å². The third-order valence-electron chi connectivity index (χ3n) is 4.82. The minimum absolute atomic E-state index is 0.0286. The van der Waals surface area contributed by atoms with Crippen molar-refractivity contribution in [1.29, 1.82) is 5.26 Å². The van der Waals surface area contributed by atoms with Crippen LogP contribution in [0, 0.1) is 11.3 Å². The normalized spacial score (nSPS) is 15.5. The topological polar surface area (TPSA) is 103 Å². The summed E-state index contributed by atoms with van der Waals surface area (Å²) >= 11 is 0. The van der Waals surface area contributed by atoms with E-state index in [1.807, 2.05) is 30.3 Å². The molecule has 2 heterocycles. The van der Waals surface area contributed by atoms with E-state index in [1.54, 1.807) is 18.2 Å². The Morgan fingerprint density at radius 3 is 2.77 bits per heavy atom. The minimum atomic E-state index is -0.0286. The van der Waals surface area contributed by atoms with Gasteiger partial charge in [-0.3, -0.25) is 0 Å². The van der Waals surface area contributed by atoms with Crippen molar-refractivity contribution >= 4 is 0 Å². The van der Waals surface area contributed by atoms with Gasteiger partial charge in [-0.15, -0.1) is 5.10 Å². The molecule has 1 unspecified atom stereocenters. The first-order valence-corrected chi connectivity index (χ1v) is 9.83. The fourth-order valence-corrected chi connectivity index (χ4v) is 3.28. The summed E-state index contributed by atoms with van der Waals surface area (Å²) in [5.74, 6) is 1.42. The Bertz CT molecular complexity index is 1040. The molecule has 1 aromatic heterocycles. The maximum atomic E-state index is 9.32. The molecular weight excluding hydrogens is 380 g/mol. The van der Waals surface area contributed by atoms with Crippen molar-refractivity contribution < 1.29 is 14.2 Å². The van der Waals surface area contributed by atoms with Gasteiger partial charge in [0, 0.05) is 18.1 Å². The standard InChI is InChI=1S/C23H22N4O3/c24-9-7-16-1-4-18(5-2-16)21-6-3-17(13-25)11-22(21)29-20-12-23(27-26-14-20)30-19-8-10-28-15-19/h1-6,11-12,14,19H,7-10,15,24H2. The zero-order chi connectivity index (χ0) is 20.8. The molecule has 0 bridgehead atoms. The molecule has 3 aromatic rings. The number of aromatic nitrogens is 2. The number of benzene rings is 2. The van der Waals surface area contributed by atoms with Gasteiger partial charge >= 0.3 is 0 Å². The molecule has 1 aliphatic rings. The van der Waals surface area contributed by atoms with Gasteiger partial charge in [-0.05, 0) is 42.3 Å². The molecule has 2 N–H and O–H groups in total. The summed E-state index contributed by atoms with van der Waals surface area (Å²) in [7, 11) is 0. The summed E-state index contributed by atoms with van der Waals surface area (Å²) in [4.78, 5) is 0. The van der Waals surface area contributed by atoms with Crippen LogP contribution in [0.2, 0.25) is 0 Å². The van der Waals surface area contributed by atoms with Crippen LogP contribution in [0.15, 0.2) is 54.7 Å². The molecule has 7 nitrogen and oxygen atoms in total. The molecule has 0 spiro atoms. The van der Waals surface area contributed by atoms with Crippen molar-refractivity contribution in [2.45, 2.75) is 18.9 Å². The Labute approximate surface area is 175 Å². The number of nitriles is 1. The molecule has 152 valence electrons. The van der Waals surface area contributed by atoms with Crippen molar-refractivity contribution in [2.24, 2.45) is 5.73 Å². The molecule has 0 radical (unpaired) electrons. The SMILES string of the molecule is N#Cc1ccc(-c2ccc(CCN)cc2)c(Oc2cnnc(OC3CCOC3)c2)c1. The largest absolute Gasteiger partial charge is 0.471 e. The maximum absolute atomic E-state index is 9.32. The lowest BCUT2D eigenvalue weighted by Crippen LogP contribution is -2.16. The summed E-state index contributed by atoms with van der Waals surface area (Å²) < 4.78 is 17.2. The Kier molecular flexibility index (Phi) is 6.18. The van der Waals surface area contributed by atoms with E-state index < -0.39 is 0 Å². The van der Waals surface area contributed by atoms with E-state index in [-0.39, 0.29) is 6.10 Å². The van der Waals surface area contributed by atoms with E-state index in [2.05, 4.69) is 16.3 Å². The van der Waals surface area contributed by atoms with E-state index >= 15 is 0 Å². The van der Waals surface area contributed by atoms with Gasteiger partial charge in [-0.1, -0.05) is 24.3 Å². The van der Waals surface area contributed by atoms with Crippen LogP contribution >= 0.6 is 0 Å². The number of hydrogen-bond acceptors (Lipinski definition) is 7. The summed E-state index contributed by atoms with van der Waals surface area (Å²) in [6.45, 7) is 1.83. The highest BCUT2D eigenvalue weighted by Gasteiger charge is 2.18. The van der Waals surface area contributed by atoms with Gasteiger partial charge in [-0.25, -0.2) is 0 Å². The molecule has 0 aliphatic carbocycles. The molecule has 1 fully saturated rings. The second-order valence-electron chi connectivity index (χ2n) is 6.99. The second-order valence-corrected chi connectivity index (χ2v) is 6.99. The van der Waals surface area contributed by atoms with Crippen LogP contribution in [0.4, 0.5) is 0 Å². The van der Waals surface area contributed by atoms with E-state index in [1.165, 1.54) is 11.8 Å². The molecule has 0 saturated carbocycles. The third kappa shape index (κ3) is 4.74. The van der Waals surface area contributed by atoms with Crippen molar-refractivity contribution in [1.82, 2.24) is 10.2 Å². The van der Waals surface area contributed by atoms with E-state index in [9.17, 15) is 5.26 Å². The van der Waals surface area contributed by atoms with Crippen LogP contribution in [-0.2, 0) is 11.2 Å². The van der Waals surface area contributed by atoms with Crippen LogP contribution in [0.5, 0.6) is 17.4 Å². The van der Waals surface area contributed by atoms with Gasteiger partial charge in [0.25, 0.3) is 0 Å². The lowest BCUT2D eigenvalue weighted by molar-refractivity contribution is 0.137. The first kappa shape index (κ1) is 19.8. The number of ether oxygens (including phenoxy) is 3. The van der Waals surface area contributed by atoms with Crippen molar-refractivity contribution in [3.63, 3.8) is 0 Å². The van der Waals surface area contributed by atoms with Gasteiger partial charge in [0.1, 0.15) is 11.9 Å². The predicted molar refractivity (Wildman–Crippen MR) is 111 cm³/mol. The molecule has 4 rings (SSSR count). The van der Waals surface area contributed by atoms with Gasteiger partial charge < -0.3 is 19.9 Å². The second kappa shape index (κ2) is 9.35. The van der Waals surface area contributed by atoms with Crippen LogP contribution in [-0.4, -0.2) is 36.1 Å². The lowest BCUT2D eigenvalue weighted by atomic mass is 10.0. The molecule has 2 aromatic carbocycles. The average molecular weight is 402 g/mol. The quantitative estimate of drug-likeness (QED) is 0.645. The smallest absolute Gasteiger partial charge is 0.237 e. The molecule has 7 heteroatoms. The third-order valence-corrected chi connectivity index (χ3v) is 4.82.